The lowest BCUT2D eigenvalue weighted by molar-refractivity contribution is 0.373. The zero-order chi connectivity index (χ0) is 13.7. The number of aromatic hydroxyl groups is 1. The summed E-state index contributed by atoms with van der Waals surface area (Å²) in [6.07, 6.45) is 1.59. The molecule has 3 N–H and O–H groups in total. The van der Waals surface area contributed by atoms with Gasteiger partial charge in [0, 0.05) is 6.04 Å². The first-order valence-electron chi connectivity index (χ1n) is 6.34. The molecule has 0 aliphatic heterocycles. The van der Waals surface area contributed by atoms with E-state index in [1.165, 1.54) is 5.56 Å². The molecule has 0 aromatic heterocycles. The summed E-state index contributed by atoms with van der Waals surface area (Å²) in [5, 5.41) is 9.55. The quantitative estimate of drug-likeness (QED) is 0.865. The number of phenolic OH excluding ortho intramolecular Hbond substituents is 1. The first kappa shape index (κ1) is 13.4. The molecule has 3 heteroatoms. The summed E-state index contributed by atoms with van der Waals surface area (Å²) in [4.78, 5) is 0. The van der Waals surface area contributed by atoms with Crippen molar-refractivity contribution in [2.24, 2.45) is 5.73 Å². The van der Waals surface area contributed by atoms with Crippen molar-refractivity contribution in [3.8, 4) is 11.5 Å². The Morgan fingerprint density at radius 3 is 2.42 bits per heavy atom. The molecule has 0 saturated carbocycles. The van der Waals surface area contributed by atoms with Crippen LogP contribution >= 0.6 is 0 Å². The molecule has 1 unspecified atom stereocenters. The normalized spacial score (nSPS) is 12.1. The molecule has 2 aromatic carbocycles. The Balaban J connectivity index is 2.01. The summed E-state index contributed by atoms with van der Waals surface area (Å²) in [6, 6.07) is 15.6. The third-order valence-corrected chi connectivity index (χ3v) is 3.08. The van der Waals surface area contributed by atoms with E-state index in [0.29, 0.717) is 5.75 Å². The monoisotopic (exact) mass is 257 g/mol. The van der Waals surface area contributed by atoms with Crippen molar-refractivity contribution in [2.75, 3.05) is 7.11 Å². The topological polar surface area (TPSA) is 55.5 Å². The molecule has 0 bridgehead atoms. The SMILES string of the molecule is COc1cc(CC(N)Cc2ccccc2)ccc1O. The summed E-state index contributed by atoms with van der Waals surface area (Å²) in [5.41, 5.74) is 8.47. The van der Waals surface area contributed by atoms with Gasteiger partial charge >= 0.3 is 0 Å². The number of ether oxygens (including phenoxy) is 1. The van der Waals surface area contributed by atoms with E-state index in [9.17, 15) is 5.11 Å². The third-order valence-electron chi connectivity index (χ3n) is 3.08. The average molecular weight is 257 g/mol. The van der Waals surface area contributed by atoms with Gasteiger partial charge in [-0.1, -0.05) is 36.4 Å². The van der Waals surface area contributed by atoms with Crippen molar-refractivity contribution < 1.29 is 9.84 Å². The highest BCUT2D eigenvalue weighted by Gasteiger charge is 2.08. The molecular formula is C16H19NO2. The Kier molecular flexibility index (Phi) is 4.42. The standard InChI is InChI=1S/C16H19NO2/c1-19-16-11-13(7-8-15(16)18)10-14(17)9-12-5-3-2-4-6-12/h2-8,11,14,18H,9-10,17H2,1H3. The number of benzene rings is 2. The van der Waals surface area contributed by atoms with E-state index < -0.39 is 0 Å². The molecule has 0 heterocycles. The lowest BCUT2D eigenvalue weighted by Crippen LogP contribution is -2.25. The maximum atomic E-state index is 9.55. The second kappa shape index (κ2) is 6.25. The van der Waals surface area contributed by atoms with Crippen LogP contribution in [0.15, 0.2) is 48.5 Å². The van der Waals surface area contributed by atoms with E-state index in [4.69, 9.17) is 10.5 Å². The summed E-state index contributed by atoms with van der Waals surface area (Å²) in [6.45, 7) is 0. The zero-order valence-corrected chi connectivity index (χ0v) is 11.0. The minimum Gasteiger partial charge on any atom is -0.504 e. The van der Waals surface area contributed by atoms with E-state index in [2.05, 4.69) is 12.1 Å². The van der Waals surface area contributed by atoms with Gasteiger partial charge in [-0.05, 0) is 36.1 Å². The van der Waals surface area contributed by atoms with E-state index in [0.717, 1.165) is 18.4 Å². The molecular weight excluding hydrogens is 238 g/mol. The number of hydrogen-bond donors (Lipinski definition) is 2. The van der Waals surface area contributed by atoms with Crippen molar-refractivity contribution in [2.45, 2.75) is 18.9 Å². The van der Waals surface area contributed by atoms with E-state index >= 15 is 0 Å². The third kappa shape index (κ3) is 3.73. The van der Waals surface area contributed by atoms with Gasteiger partial charge in [-0.2, -0.15) is 0 Å². The number of nitrogens with two attached hydrogens (primary N) is 1. The van der Waals surface area contributed by atoms with Crippen molar-refractivity contribution in [3.05, 3.63) is 59.7 Å². The van der Waals surface area contributed by atoms with Gasteiger partial charge in [0.2, 0.25) is 0 Å². The highest BCUT2D eigenvalue weighted by molar-refractivity contribution is 5.42. The fourth-order valence-electron chi connectivity index (χ4n) is 2.14. The molecule has 100 valence electrons. The second-order valence-electron chi connectivity index (χ2n) is 4.66. The van der Waals surface area contributed by atoms with Gasteiger partial charge in [0.15, 0.2) is 11.5 Å². The summed E-state index contributed by atoms with van der Waals surface area (Å²) in [7, 11) is 1.54. The predicted molar refractivity (Wildman–Crippen MR) is 76.5 cm³/mol. The first-order chi connectivity index (χ1) is 9.19. The van der Waals surface area contributed by atoms with Crippen LogP contribution in [0.1, 0.15) is 11.1 Å². The van der Waals surface area contributed by atoms with Crippen molar-refractivity contribution in [3.63, 3.8) is 0 Å². The fourth-order valence-corrected chi connectivity index (χ4v) is 2.14. The van der Waals surface area contributed by atoms with Gasteiger partial charge in [-0.3, -0.25) is 0 Å². The molecule has 3 nitrogen and oxygen atoms in total. The Morgan fingerprint density at radius 2 is 1.74 bits per heavy atom. The van der Waals surface area contributed by atoms with Crippen LogP contribution < -0.4 is 10.5 Å². The maximum absolute atomic E-state index is 9.55. The van der Waals surface area contributed by atoms with Crippen molar-refractivity contribution >= 4 is 0 Å². The van der Waals surface area contributed by atoms with E-state index in [1.54, 1.807) is 13.2 Å². The molecule has 0 saturated heterocycles. The lowest BCUT2D eigenvalue weighted by Gasteiger charge is -2.13. The molecule has 2 rings (SSSR count). The average Bonchev–Trinajstić information content (AvgIpc) is 2.42. The van der Waals surface area contributed by atoms with Crippen molar-refractivity contribution in [1.29, 1.82) is 0 Å². The lowest BCUT2D eigenvalue weighted by atomic mass is 9.99. The molecule has 0 radical (unpaired) electrons. The first-order valence-corrected chi connectivity index (χ1v) is 6.34. The van der Waals surface area contributed by atoms with Gasteiger partial charge in [-0.15, -0.1) is 0 Å². The fraction of sp³-hybridized carbons (Fsp3) is 0.250. The van der Waals surface area contributed by atoms with Crippen LogP contribution in [-0.2, 0) is 12.8 Å². The van der Waals surface area contributed by atoms with Crippen LogP contribution in [0.4, 0.5) is 0 Å². The highest BCUT2D eigenvalue weighted by atomic mass is 16.5. The molecule has 0 spiro atoms. The molecule has 1 atom stereocenters. The van der Waals surface area contributed by atoms with Crippen LogP contribution in [0, 0.1) is 0 Å². The second-order valence-corrected chi connectivity index (χ2v) is 4.66. The van der Waals surface area contributed by atoms with Gasteiger partial charge in [0.25, 0.3) is 0 Å². The number of methoxy groups -OCH3 is 1. The Morgan fingerprint density at radius 1 is 1.05 bits per heavy atom. The van der Waals surface area contributed by atoms with Gasteiger partial charge in [0.05, 0.1) is 7.11 Å². The molecule has 2 aromatic rings. The van der Waals surface area contributed by atoms with Gasteiger partial charge < -0.3 is 15.6 Å². The molecule has 19 heavy (non-hydrogen) atoms. The highest BCUT2D eigenvalue weighted by Crippen LogP contribution is 2.26. The maximum Gasteiger partial charge on any atom is 0.160 e. The minimum absolute atomic E-state index is 0.0525. The minimum atomic E-state index is 0.0525. The van der Waals surface area contributed by atoms with Crippen molar-refractivity contribution in [1.82, 2.24) is 0 Å². The van der Waals surface area contributed by atoms with Gasteiger partial charge in [0.1, 0.15) is 0 Å². The molecule has 0 fully saturated rings. The Hall–Kier alpha value is -2.00. The predicted octanol–water partition coefficient (Wildman–Crippen LogP) is 2.51. The molecule has 0 aliphatic carbocycles. The number of rotatable bonds is 5. The summed E-state index contributed by atoms with van der Waals surface area (Å²) in [5.74, 6) is 0.646. The Bertz CT molecular complexity index is 526. The number of phenols is 1. The molecule has 0 amide bonds. The summed E-state index contributed by atoms with van der Waals surface area (Å²) >= 11 is 0. The van der Waals surface area contributed by atoms with E-state index in [1.807, 2.05) is 30.3 Å². The number of hydrogen-bond acceptors (Lipinski definition) is 3. The van der Waals surface area contributed by atoms with Gasteiger partial charge in [-0.25, -0.2) is 0 Å². The van der Waals surface area contributed by atoms with E-state index in [-0.39, 0.29) is 11.8 Å². The smallest absolute Gasteiger partial charge is 0.160 e. The van der Waals surface area contributed by atoms with Crippen LogP contribution in [-0.4, -0.2) is 18.3 Å². The van der Waals surface area contributed by atoms with Crippen LogP contribution in [0.3, 0.4) is 0 Å². The van der Waals surface area contributed by atoms with Crippen LogP contribution in [0.5, 0.6) is 11.5 Å². The van der Waals surface area contributed by atoms with Crippen LogP contribution in [0.25, 0.3) is 0 Å². The molecule has 0 aliphatic rings. The summed E-state index contributed by atoms with van der Waals surface area (Å²) < 4.78 is 5.09. The largest absolute Gasteiger partial charge is 0.504 e. The Labute approximate surface area is 113 Å². The van der Waals surface area contributed by atoms with Crippen LogP contribution in [0.2, 0.25) is 0 Å². The zero-order valence-electron chi connectivity index (χ0n) is 11.0.